The third kappa shape index (κ3) is 9.00. The second kappa shape index (κ2) is 19.1. The van der Waals surface area contributed by atoms with Gasteiger partial charge >= 0.3 is 0 Å². The monoisotopic (exact) mass is 814 g/mol. The molecule has 2 amide bonds. The van der Waals surface area contributed by atoms with Gasteiger partial charge in [0.15, 0.2) is 23.0 Å². The van der Waals surface area contributed by atoms with E-state index in [1.165, 1.54) is 22.3 Å². The highest BCUT2D eigenvalue weighted by Gasteiger charge is 2.36. The molecule has 4 N–H and O–H groups in total. The minimum Gasteiger partial charge on any atom is -0.504 e. The van der Waals surface area contributed by atoms with Crippen LogP contribution in [0.5, 0.6) is 23.0 Å². The second-order valence-electron chi connectivity index (χ2n) is 17.3. The summed E-state index contributed by atoms with van der Waals surface area (Å²) in [5.74, 6) is 1.53. The summed E-state index contributed by atoms with van der Waals surface area (Å²) in [6.45, 7) is 3.98. The zero-order valence-corrected chi connectivity index (χ0v) is 35.5. The van der Waals surface area contributed by atoms with E-state index in [0.717, 1.165) is 111 Å². The van der Waals surface area contributed by atoms with E-state index in [4.69, 9.17) is 9.47 Å². The van der Waals surface area contributed by atoms with Crippen LogP contribution in [0.1, 0.15) is 110 Å². The fourth-order valence-electron chi connectivity index (χ4n) is 9.98. The Balaban J connectivity index is 0.646. The van der Waals surface area contributed by atoms with Crippen LogP contribution in [0.25, 0.3) is 22.3 Å². The molecule has 0 radical (unpaired) electrons. The number of benzene rings is 4. The Morgan fingerprint density at radius 1 is 0.583 bits per heavy atom. The van der Waals surface area contributed by atoms with Crippen molar-refractivity contribution in [1.29, 1.82) is 0 Å². The predicted molar refractivity (Wildman–Crippen MR) is 236 cm³/mol. The Morgan fingerprint density at radius 2 is 1.02 bits per heavy atom. The molecule has 8 rings (SSSR count). The molecular formula is C50H62N4O6. The summed E-state index contributed by atoms with van der Waals surface area (Å²) in [5.41, 5.74) is 11.8. The van der Waals surface area contributed by atoms with Crippen molar-refractivity contribution in [2.45, 2.75) is 102 Å². The number of carbonyl (C=O) groups excluding carboxylic acids is 2. The summed E-state index contributed by atoms with van der Waals surface area (Å²) in [6.07, 6.45) is 11.9. The molecule has 318 valence electrons. The number of nitrogens with zero attached hydrogens (tertiary/aromatic N) is 2. The lowest BCUT2D eigenvalue weighted by Crippen LogP contribution is -2.35. The SMILES string of the molecule is CN1CCc2cccc3c2[C@H]1Cc1ccc(OCCCNC(=O)CCCCCCCCC(=O)NCCCOc2ccc4c(c2O)-c2cccc5c2[C@@H](C4)N(C)CC5)c(O)c1-3. The molecule has 10 nitrogen and oxygen atoms in total. The van der Waals surface area contributed by atoms with Gasteiger partial charge in [-0.1, -0.05) is 74.2 Å². The summed E-state index contributed by atoms with van der Waals surface area (Å²) in [7, 11) is 4.37. The van der Waals surface area contributed by atoms with Crippen molar-refractivity contribution in [3.63, 3.8) is 0 Å². The van der Waals surface area contributed by atoms with E-state index in [-0.39, 0.29) is 23.3 Å². The van der Waals surface area contributed by atoms with E-state index in [0.29, 0.717) is 75.6 Å². The van der Waals surface area contributed by atoms with Gasteiger partial charge in [0.2, 0.25) is 11.8 Å². The van der Waals surface area contributed by atoms with Gasteiger partial charge in [0.05, 0.1) is 13.2 Å². The lowest BCUT2D eigenvalue weighted by Gasteiger charge is -2.40. The lowest BCUT2D eigenvalue weighted by molar-refractivity contribution is -0.122. The molecule has 4 aromatic rings. The fourth-order valence-corrected chi connectivity index (χ4v) is 9.98. The van der Waals surface area contributed by atoms with Crippen molar-refractivity contribution in [1.82, 2.24) is 20.4 Å². The molecule has 2 heterocycles. The van der Waals surface area contributed by atoms with Crippen LogP contribution in [-0.2, 0) is 35.3 Å². The van der Waals surface area contributed by atoms with Gasteiger partial charge < -0.3 is 30.3 Å². The van der Waals surface area contributed by atoms with Gasteiger partial charge in [-0.3, -0.25) is 19.4 Å². The van der Waals surface area contributed by atoms with Crippen LogP contribution in [0, 0.1) is 0 Å². The number of phenols is 2. The van der Waals surface area contributed by atoms with Gasteiger partial charge in [0.25, 0.3) is 0 Å². The van der Waals surface area contributed by atoms with E-state index >= 15 is 0 Å². The average molecular weight is 815 g/mol. The van der Waals surface area contributed by atoms with Gasteiger partial charge in [-0.2, -0.15) is 0 Å². The van der Waals surface area contributed by atoms with Gasteiger partial charge in [0.1, 0.15) is 0 Å². The van der Waals surface area contributed by atoms with Crippen LogP contribution in [0.15, 0.2) is 60.7 Å². The van der Waals surface area contributed by atoms with E-state index in [9.17, 15) is 19.8 Å². The molecule has 4 aliphatic rings. The molecule has 0 unspecified atom stereocenters. The number of likely N-dealkylation sites (N-methyl/N-ethyl adjacent to an activating group) is 2. The highest BCUT2D eigenvalue weighted by atomic mass is 16.5. The third-order valence-electron chi connectivity index (χ3n) is 13.3. The summed E-state index contributed by atoms with van der Waals surface area (Å²) in [6, 6.07) is 21.5. The predicted octanol–water partition coefficient (Wildman–Crippen LogP) is 8.19. The molecule has 2 atom stereocenters. The van der Waals surface area contributed by atoms with Crippen molar-refractivity contribution in [2.75, 3.05) is 53.5 Å². The van der Waals surface area contributed by atoms with E-state index in [1.54, 1.807) is 0 Å². The zero-order valence-electron chi connectivity index (χ0n) is 35.5. The summed E-state index contributed by atoms with van der Waals surface area (Å²) in [5, 5.41) is 28.6. The Hall–Kier alpha value is -5.06. The molecule has 0 saturated carbocycles. The number of nitrogens with one attached hydrogen (secondary N) is 2. The number of ether oxygens (including phenoxy) is 2. The number of carbonyl (C=O) groups is 2. The zero-order chi connectivity index (χ0) is 41.6. The molecule has 60 heavy (non-hydrogen) atoms. The van der Waals surface area contributed by atoms with Crippen LogP contribution in [0.4, 0.5) is 0 Å². The maximum Gasteiger partial charge on any atom is 0.219 e. The highest BCUT2D eigenvalue weighted by Crippen LogP contribution is 2.51. The molecule has 0 fully saturated rings. The minimum absolute atomic E-state index is 0.0582. The van der Waals surface area contributed by atoms with Crippen molar-refractivity contribution in [2.24, 2.45) is 0 Å². The quantitative estimate of drug-likeness (QED) is 0.0700. The molecule has 0 bridgehead atoms. The van der Waals surface area contributed by atoms with Crippen molar-refractivity contribution < 1.29 is 29.3 Å². The molecule has 4 aromatic carbocycles. The summed E-state index contributed by atoms with van der Waals surface area (Å²) >= 11 is 0. The standard InChI is InChI=1S/C50H62N4O6/c1-53-27-23-33-13-9-15-37-45(33)39(53)31-35-19-21-41(49(57)47(35)37)59-29-11-25-51-43(55)17-7-5-3-4-6-8-18-44(56)52-26-12-30-60-42-22-20-36-32-40-46-34(24-28-54(40)2)14-10-16-38(46)48(36)50(42)58/h9-10,13-16,19-22,39-40,57-58H,3-8,11-12,17-18,23-32H2,1-2H3,(H,51,55)(H,52,56)/t39-,40-/m1/s1. The molecule has 0 spiro atoms. The number of phenolic OH excluding ortho intramolecular Hbond substituents is 2. The highest BCUT2D eigenvalue weighted by molar-refractivity contribution is 5.83. The molecule has 2 aliphatic carbocycles. The first-order valence-corrected chi connectivity index (χ1v) is 22.4. The topological polar surface area (TPSA) is 124 Å². The Labute approximate surface area is 355 Å². The van der Waals surface area contributed by atoms with Crippen LogP contribution < -0.4 is 20.1 Å². The average Bonchev–Trinajstić information content (AvgIpc) is 3.25. The largest absolute Gasteiger partial charge is 0.504 e. The first kappa shape index (κ1) is 41.7. The Bertz CT molecular complexity index is 2030. The summed E-state index contributed by atoms with van der Waals surface area (Å²) < 4.78 is 12.0. The number of amides is 2. The molecule has 0 saturated heterocycles. The lowest BCUT2D eigenvalue weighted by atomic mass is 9.77. The number of unbranched alkanes of at least 4 members (excludes halogenated alkanes) is 5. The van der Waals surface area contributed by atoms with Gasteiger partial charge in [-0.05, 0) is 122 Å². The molecule has 10 heteroatoms. The maximum absolute atomic E-state index is 12.4. The molecular weight excluding hydrogens is 753 g/mol. The van der Waals surface area contributed by atoms with Crippen LogP contribution in [0.3, 0.4) is 0 Å². The molecule has 0 aromatic heterocycles. The number of hydrogen-bond donors (Lipinski definition) is 4. The molecule has 2 aliphatic heterocycles. The number of aromatic hydroxyl groups is 2. The van der Waals surface area contributed by atoms with Gasteiger partial charge in [-0.25, -0.2) is 0 Å². The minimum atomic E-state index is 0.0582. The van der Waals surface area contributed by atoms with Crippen molar-refractivity contribution in [3.05, 3.63) is 94.0 Å². The Kier molecular flexibility index (Phi) is 13.3. The van der Waals surface area contributed by atoms with Gasteiger partial charge in [0, 0.05) is 62.2 Å². The number of hydrogen-bond acceptors (Lipinski definition) is 8. The van der Waals surface area contributed by atoms with Crippen molar-refractivity contribution >= 4 is 11.8 Å². The van der Waals surface area contributed by atoms with Crippen LogP contribution in [0.2, 0.25) is 0 Å². The second-order valence-corrected chi connectivity index (χ2v) is 17.3. The number of fused-ring (bicyclic) bond motifs is 4. The first-order valence-electron chi connectivity index (χ1n) is 22.4. The van der Waals surface area contributed by atoms with Crippen LogP contribution >= 0.6 is 0 Å². The van der Waals surface area contributed by atoms with E-state index in [2.05, 4.69) is 83.1 Å². The first-order chi connectivity index (χ1) is 29.3. The van der Waals surface area contributed by atoms with Crippen LogP contribution in [-0.4, -0.2) is 85.3 Å². The van der Waals surface area contributed by atoms with E-state index in [1.807, 2.05) is 12.1 Å². The van der Waals surface area contributed by atoms with Crippen molar-refractivity contribution in [3.8, 4) is 45.3 Å². The van der Waals surface area contributed by atoms with Gasteiger partial charge in [-0.15, -0.1) is 0 Å². The third-order valence-corrected chi connectivity index (χ3v) is 13.3. The fraction of sp³-hybridized carbons (Fsp3) is 0.480. The normalized spacial score (nSPS) is 17.5. The maximum atomic E-state index is 12.4. The smallest absolute Gasteiger partial charge is 0.219 e. The summed E-state index contributed by atoms with van der Waals surface area (Å²) in [4.78, 5) is 29.7. The Morgan fingerprint density at radius 3 is 1.47 bits per heavy atom. The van der Waals surface area contributed by atoms with E-state index < -0.39 is 0 Å². The number of rotatable bonds is 19.